The highest BCUT2D eigenvalue weighted by Gasteiger charge is 2.23. The van der Waals surface area contributed by atoms with Crippen LogP contribution in [-0.4, -0.2) is 16.3 Å². The number of nitrogens with two attached hydrogens (primary N) is 1. The van der Waals surface area contributed by atoms with E-state index in [1.165, 1.54) is 0 Å². The molecule has 0 saturated heterocycles. The van der Waals surface area contributed by atoms with Gasteiger partial charge in [0.15, 0.2) is 0 Å². The molecule has 1 aromatic heterocycles. The van der Waals surface area contributed by atoms with Crippen LogP contribution in [0.5, 0.6) is 0 Å². The van der Waals surface area contributed by atoms with E-state index < -0.39 is 0 Å². The summed E-state index contributed by atoms with van der Waals surface area (Å²) in [6.45, 7) is 12.1. The Kier molecular flexibility index (Phi) is 4.65. The molecule has 4 heteroatoms. The largest absolute Gasteiger partial charge is 0.394 e. The van der Waals surface area contributed by atoms with Gasteiger partial charge in [0.2, 0.25) is 0 Å². The number of aromatic nitrogens is 2. The molecular formula is C14H28N4. The quantitative estimate of drug-likeness (QED) is 0.818. The topological polar surface area (TPSA) is 55.9 Å². The molecule has 0 aliphatic carbocycles. The summed E-state index contributed by atoms with van der Waals surface area (Å²) in [5.41, 5.74) is 8.20. The summed E-state index contributed by atoms with van der Waals surface area (Å²) in [7, 11) is 1.94. The van der Waals surface area contributed by atoms with Gasteiger partial charge in [0.25, 0.3) is 0 Å². The van der Waals surface area contributed by atoms with Crippen molar-refractivity contribution in [1.29, 1.82) is 0 Å². The number of hydrogen-bond acceptors (Lipinski definition) is 3. The van der Waals surface area contributed by atoms with Crippen LogP contribution in [0.25, 0.3) is 0 Å². The summed E-state index contributed by atoms with van der Waals surface area (Å²) in [6, 6.07) is 0. The second-order valence-electron chi connectivity index (χ2n) is 6.08. The minimum absolute atomic E-state index is 0.238. The van der Waals surface area contributed by atoms with E-state index in [9.17, 15) is 0 Å². The van der Waals surface area contributed by atoms with E-state index in [1.807, 2.05) is 11.7 Å². The van der Waals surface area contributed by atoms with Gasteiger partial charge in [0, 0.05) is 13.6 Å². The van der Waals surface area contributed by atoms with E-state index in [0.717, 1.165) is 36.6 Å². The normalized spacial score (nSPS) is 12.2. The number of nitrogens with one attached hydrogen (secondary N) is 1. The first-order valence-corrected chi connectivity index (χ1v) is 6.84. The third kappa shape index (κ3) is 3.18. The third-order valence-corrected chi connectivity index (χ3v) is 3.92. The molecule has 0 radical (unpaired) electrons. The highest BCUT2D eigenvalue weighted by Crippen LogP contribution is 2.29. The van der Waals surface area contributed by atoms with Crippen molar-refractivity contribution >= 4 is 11.5 Å². The Morgan fingerprint density at radius 2 is 2.00 bits per heavy atom. The lowest BCUT2D eigenvalue weighted by Crippen LogP contribution is -2.29. The van der Waals surface area contributed by atoms with Crippen molar-refractivity contribution < 1.29 is 0 Å². The lowest BCUT2D eigenvalue weighted by molar-refractivity contribution is 0.269. The molecule has 0 saturated carbocycles. The molecule has 18 heavy (non-hydrogen) atoms. The Bertz CT molecular complexity index is 391. The van der Waals surface area contributed by atoms with Crippen LogP contribution in [0.1, 0.15) is 46.7 Å². The Morgan fingerprint density at radius 3 is 2.50 bits per heavy atom. The lowest BCUT2D eigenvalue weighted by atomic mass is 9.81. The van der Waals surface area contributed by atoms with E-state index in [2.05, 4.69) is 45.0 Å². The maximum absolute atomic E-state index is 6.15. The van der Waals surface area contributed by atoms with Gasteiger partial charge in [0.05, 0.1) is 11.4 Å². The second kappa shape index (κ2) is 5.63. The SMILES string of the molecule is CCCc1nn(C)c(NCC(C)(C)C(C)C)c1N. The monoisotopic (exact) mass is 252 g/mol. The highest BCUT2D eigenvalue weighted by molar-refractivity contribution is 5.65. The van der Waals surface area contributed by atoms with Crippen LogP contribution in [0.2, 0.25) is 0 Å². The fourth-order valence-corrected chi connectivity index (χ4v) is 1.74. The number of hydrogen-bond donors (Lipinski definition) is 2. The summed E-state index contributed by atoms with van der Waals surface area (Å²) in [5.74, 6) is 1.57. The standard InChI is InChI=1S/C14H28N4/c1-7-8-11-12(15)13(18(6)17-11)16-9-14(4,5)10(2)3/h10,16H,7-9,15H2,1-6H3. The first-order valence-electron chi connectivity index (χ1n) is 6.84. The van der Waals surface area contributed by atoms with Gasteiger partial charge < -0.3 is 11.1 Å². The van der Waals surface area contributed by atoms with Crippen LogP contribution in [0.15, 0.2) is 0 Å². The molecule has 0 aromatic carbocycles. The first kappa shape index (κ1) is 14.9. The van der Waals surface area contributed by atoms with Gasteiger partial charge in [-0.1, -0.05) is 41.0 Å². The minimum atomic E-state index is 0.238. The minimum Gasteiger partial charge on any atom is -0.394 e. The Hall–Kier alpha value is -1.19. The average Bonchev–Trinajstić information content (AvgIpc) is 2.52. The Morgan fingerprint density at radius 1 is 1.39 bits per heavy atom. The summed E-state index contributed by atoms with van der Waals surface area (Å²) in [6.07, 6.45) is 2.01. The molecule has 0 spiro atoms. The Balaban J connectivity index is 2.79. The fourth-order valence-electron chi connectivity index (χ4n) is 1.74. The van der Waals surface area contributed by atoms with Crippen LogP contribution in [0.3, 0.4) is 0 Å². The molecule has 104 valence electrons. The van der Waals surface area contributed by atoms with Crippen LogP contribution in [0, 0.1) is 11.3 Å². The predicted molar refractivity (Wildman–Crippen MR) is 78.7 cm³/mol. The van der Waals surface area contributed by atoms with Gasteiger partial charge in [-0.05, 0) is 17.8 Å². The molecule has 0 unspecified atom stereocenters. The first-order chi connectivity index (χ1) is 8.29. The number of nitrogens with zero attached hydrogens (tertiary/aromatic N) is 2. The van der Waals surface area contributed by atoms with E-state index in [4.69, 9.17) is 5.73 Å². The van der Waals surface area contributed by atoms with Crippen molar-refractivity contribution in [2.24, 2.45) is 18.4 Å². The maximum Gasteiger partial charge on any atom is 0.147 e. The van der Waals surface area contributed by atoms with Gasteiger partial charge in [-0.3, -0.25) is 4.68 Å². The molecule has 1 rings (SSSR count). The van der Waals surface area contributed by atoms with Gasteiger partial charge in [0.1, 0.15) is 5.82 Å². The van der Waals surface area contributed by atoms with E-state index >= 15 is 0 Å². The molecule has 0 fully saturated rings. The summed E-state index contributed by atoms with van der Waals surface area (Å²) in [4.78, 5) is 0. The molecule has 0 atom stereocenters. The van der Waals surface area contributed by atoms with Crippen molar-refractivity contribution in [3.05, 3.63) is 5.69 Å². The predicted octanol–water partition coefficient (Wildman–Crippen LogP) is 3.05. The van der Waals surface area contributed by atoms with E-state index in [-0.39, 0.29) is 5.41 Å². The van der Waals surface area contributed by atoms with Crippen molar-refractivity contribution in [3.63, 3.8) is 0 Å². The van der Waals surface area contributed by atoms with Crippen LogP contribution in [0.4, 0.5) is 11.5 Å². The fraction of sp³-hybridized carbons (Fsp3) is 0.786. The van der Waals surface area contributed by atoms with E-state index in [1.54, 1.807) is 0 Å². The van der Waals surface area contributed by atoms with Crippen LogP contribution in [-0.2, 0) is 13.5 Å². The zero-order valence-corrected chi connectivity index (χ0v) is 12.7. The number of anilines is 2. The van der Waals surface area contributed by atoms with Crippen LogP contribution >= 0.6 is 0 Å². The summed E-state index contributed by atoms with van der Waals surface area (Å²) < 4.78 is 1.86. The molecule has 0 amide bonds. The third-order valence-electron chi connectivity index (χ3n) is 3.92. The lowest BCUT2D eigenvalue weighted by Gasteiger charge is -2.29. The molecule has 1 heterocycles. The molecule has 0 bridgehead atoms. The molecule has 1 aromatic rings. The molecule has 0 aliphatic heterocycles. The summed E-state index contributed by atoms with van der Waals surface area (Å²) >= 11 is 0. The maximum atomic E-state index is 6.15. The second-order valence-corrected chi connectivity index (χ2v) is 6.08. The number of nitrogen functional groups attached to an aromatic ring is 1. The molecule has 3 N–H and O–H groups in total. The van der Waals surface area contributed by atoms with Crippen molar-refractivity contribution in [2.75, 3.05) is 17.6 Å². The van der Waals surface area contributed by atoms with Gasteiger partial charge >= 0.3 is 0 Å². The average molecular weight is 252 g/mol. The zero-order valence-electron chi connectivity index (χ0n) is 12.7. The zero-order chi connectivity index (χ0) is 13.9. The molecule has 4 nitrogen and oxygen atoms in total. The van der Waals surface area contributed by atoms with Gasteiger partial charge in [-0.15, -0.1) is 0 Å². The van der Waals surface area contributed by atoms with Crippen LogP contribution < -0.4 is 11.1 Å². The van der Waals surface area contributed by atoms with Crippen molar-refractivity contribution in [2.45, 2.75) is 47.5 Å². The number of aryl methyl sites for hydroxylation is 2. The van der Waals surface area contributed by atoms with Gasteiger partial charge in [-0.25, -0.2) is 0 Å². The molecule has 0 aliphatic rings. The highest BCUT2D eigenvalue weighted by atomic mass is 15.3. The smallest absolute Gasteiger partial charge is 0.147 e. The molecular weight excluding hydrogens is 224 g/mol. The van der Waals surface area contributed by atoms with Crippen molar-refractivity contribution in [1.82, 2.24) is 9.78 Å². The van der Waals surface area contributed by atoms with E-state index in [0.29, 0.717) is 5.92 Å². The Labute approximate surface area is 111 Å². The van der Waals surface area contributed by atoms with Gasteiger partial charge in [-0.2, -0.15) is 5.10 Å². The van der Waals surface area contributed by atoms with Crippen molar-refractivity contribution in [3.8, 4) is 0 Å². The number of rotatable bonds is 6. The summed E-state index contributed by atoms with van der Waals surface area (Å²) in [5, 5.41) is 7.93.